The van der Waals surface area contributed by atoms with Crippen molar-refractivity contribution in [3.63, 3.8) is 0 Å². The molecule has 0 spiro atoms. The number of benzene rings is 1. The Morgan fingerprint density at radius 3 is 2.55 bits per heavy atom. The zero-order chi connectivity index (χ0) is 15.3. The van der Waals surface area contributed by atoms with Crippen LogP contribution in [0.25, 0.3) is 0 Å². The minimum absolute atomic E-state index is 0.0169. The number of nitrogens with one attached hydrogen (secondary N) is 1. The zero-order valence-corrected chi connectivity index (χ0v) is 12.2. The van der Waals surface area contributed by atoms with Crippen molar-refractivity contribution in [3.05, 3.63) is 23.8 Å². The molecule has 6 heteroatoms. The molecule has 0 saturated carbocycles. The number of hydrogen-bond acceptors (Lipinski definition) is 4. The molecule has 0 bridgehead atoms. The second-order valence-corrected chi connectivity index (χ2v) is 4.92. The molecule has 0 aromatic heterocycles. The Morgan fingerprint density at radius 2 is 2.05 bits per heavy atom. The molecular formula is C14H21N3O3. The van der Waals surface area contributed by atoms with Crippen molar-refractivity contribution in [3.8, 4) is 5.75 Å². The maximum Gasteiger partial charge on any atom is 0.227 e. The van der Waals surface area contributed by atoms with Gasteiger partial charge in [-0.2, -0.15) is 0 Å². The number of amides is 1. The fourth-order valence-electron chi connectivity index (χ4n) is 1.56. The van der Waals surface area contributed by atoms with Crippen LogP contribution in [-0.2, 0) is 4.79 Å². The van der Waals surface area contributed by atoms with Gasteiger partial charge in [0, 0.05) is 11.5 Å². The standard InChI is InChI=1S/C14H21N3O3/c1-8(2)9(3)14(18)16-11-6-5-10(13(15)17-19)7-12(11)20-4/h5-9,19H,1-4H3,(H2,15,17)(H,16,18). The van der Waals surface area contributed by atoms with Crippen molar-refractivity contribution in [1.82, 2.24) is 0 Å². The minimum Gasteiger partial charge on any atom is -0.495 e. The average molecular weight is 279 g/mol. The first kappa shape index (κ1) is 15.8. The summed E-state index contributed by atoms with van der Waals surface area (Å²) in [6.07, 6.45) is 0. The van der Waals surface area contributed by atoms with E-state index in [-0.39, 0.29) is 23.6 Å². The monoisotopic (exact) mass is 279 g/mol. The van der Waals surface area contributed by atoms with Crippen LogP contribution in [-0.4, -0.2) is 24.1 Å². The van der Waals surface area contributed by atoms with Gasteiger partial charge >= 0.3 is 0 Å². The van der Waals surface area contributed by atoms with Crippen molar-refractivity contribution in [2.45, 2.75) is 20.8 Å². The lowest BCUT2D eigenvalue weighted by Crippen LogP contribution is -2.24. The molecule has 0 aliphatic heterocycles. The molecule has 1 rings (SSSR count). The van der Waals surface area contributed by atoms with Crippen LogP contribution in [0.1, 0.15) is 26.3 Å². The first-order chi connectivity index (χ1) is 9.40. The van der Waals surface area contributed by atoms with E-state index < -0.39 is 0 Å². The number of carbonyl (C=O) groups is 1. The Bertz CT molecular complexity index is 512. The maximum atomic E-state index is 12.0. The van der Waals surface area contributed by atoms with Gasteiger partial charge in [0.05, 0.1) is 12.8 Å². The minimum atomic E-state index is -0.108. The highest BCUT2D eigenvalue weighted by molar-refractivity contribution is 5.99. The van der Waals surface area contributed by atoms with Crippen molar-refractivity contribution in [1.29, 1.82) is 0 Å². The number of nitrogens with two attached hydrogens (primary N) is 1. The molecule has 0 radical (unpaired) electrons. The van der Waals surface area contributed by atoms with Crippen LogP contribution in [0.2, 0.25) is 0 Å². The van der Waals surface area contributed by atoms with E-state index in [9.17, 15) is 4.79 Å². The molecule has 0 heterocycles. The van der Waals surface area contributed by atoms with Gasteiger partial charge in [-0.3, -0.25) is 4.79 Å². The van der Waals surface area contributed by atoms with Gasteiger partial charge in [0.15, 0.2) is 5.84 Å². The van der Waals surface area contributed by atoms with E-state index in [1.807, 2.05) is 20.8 Å². The molecule has 1 unspecified atom stereocenters. The Morgan fingerprint density at radius 1 is 1.40 bits per heavy atom. The SMILES string of the molecule is COc1cc(/C(N)=N/O)ccc1NC(=O)C(C)C(C)C. The van der Waals surface area contributed by atoms with Gasteiger partial charge in [-0.05, 0) is 24.1 Å². The first-order valence-corrected chi connectivity index (χ1v) is 6.37. The number of oxime groups is 1. The van der Waals surface area contributed by atoms with Crippen LogP contribution in [0.4, 0.5) is 5.69 Å². The summed E-state index contributed by atoms with van der Waals surface area (Å²) >= 11 is 0. The summed E-state index contributed by atoms with van der Waals surface area (Å²) < 4.78 is 5.21. The lowest BCUT2D eigenvalue weighted by Gasteiger charge is -2.17. The lowest BCUT2D eigenvalue weighted by molar-refractivity contribution is -0.120. The fourth-order valence-corrected chi connectivity index (χ4v) is 1.56. The third kappa shape index (κ3) is 3.63. The molecule has 6 nitrogen and oxygen atoms in total. The van der Waals surface area contributed by atoms with Gasteiger partial charge in [-0.15, -0.1) is 0 Å². The van der Waals surface area contributed by atoms with E-state index in [0.29, 0.717) is 17.0 Å². The zero-order valence-electron chi connectivity index (χ0n) is 12.2. The number of nitrogens with zero attached hydrogens (tertiary/aromatic N) is 1. The second-order valence-electron chi connectivity index (χ2n) is 4.92. The second kappa shape index (κ2) is 6.79. The number of hydrogen-bond donors (Lipinski definition) is 3. The van der Waals surface area contributed by atoms with Crippen molar-refractivity contribution in [2.75, 3.05) is 12.4 Å². The number of carbonyl (C=O) groups excluding carboxylic acids is 1. The van der Waals surface area contributed by atoms with Gasteiger partial charge in [0.25, 0.3) is 0 Å². The molecule has 110 valence electrons. The van der Waals surface area contributed by atoms with Gasteiger partial charge in [-0.25, -0.2) is 0 Å². The lowest BCUT2D eigenvalue weighted by atomic mass is 9.97. The predicted molar refractivity (Wildman–Crippen MR) is 78.1 cm³/mol. The molecular weight excluding hydrogens is 258 g/mol. The van der Waals surface area contributed by atoms with Gasteiger partial charge in [0.1, 0.15) is 5.75 Å². The topological polar surface area (TPSA) is 96.9 Å². The highest BCUT2D eigenvalue weighted by Crippen LogP contribution is 2.26. The van der Waals surface area contributed by atoms with Crippen molar-refractivity contribution in [2.24, 2.45) is 22.7 Å². The molecule has 0 saturated heterocycles. The van der Waals surface area contributed by atoms with Crippen LogP contribution in [0.5, 0.6) is 5.75 Å². The highest BCUT2D eigenvalue weighted by atomic mass is 16.5. The summed E-state index contributed by atoms with van der Waals surface area (Å²) in [5.74, 6) is 0.505. The summed E-state index contributed by atoms with van der Waals surface area (Å²) in [5.41, 5.74) is 6.58. The van der Waals surface area contributed by atoms with E-state index in [1.165, 1.54) is 7.11 Å². The molecule has 1 aromatic carbocycles. The van der Waals surface area contributed by atoms with E-state index in [1.54, 1.807) is 18.2 Å². The van der Waals surface area contributed by atoms with Gasteiger partial charge in [-0.1, -0.05) is 25.9 Å². The molecule has 0 aliphatic carbocycles. The number of methoxy groups -OCH3 is 1. The Labute approximate surface area is 118 Å². The Hall–Kier alpha value is -2.24. The third-order valence-electron chi connectivity index (χ3n) is 3.28. The Balaban J connectivity index is 2.99. The fraction of sp³-hybridized carbons (Fsp3) is 0.429. The van der Waals surface area contributed by atoms with E-state index in [4.69, 9.17) is 15.7 Å². The normalized spacial score (nSPS) is 13.2. The maximum absolute atomic E-state index is 12.0. The predicted octanol–water partition coefficient (Wildman–Crippen LogP) is 2.02. The van der Waals surface area contributed by atoms with Crippen LogP contribution in [0.15, 0.2) is 23.4 Å². The van der Waals surface area contributed by atoms with Crippen LogP contribution in [0.3, 0.4) is 0 Å². The average Bonchev–Trinajstić information content (AvgIpc) is 2.45. The Kier molecular flexibility index (Phi) is 5.37. The van der Waals surface area contributed by atoms with E-state index in [2.05, 4.69) is 10.5 Å². The molecule has 20 heavy (non-hydrogen) atoms. The molecule has 4 N–H and O–H groups in total. The summed E-state index contributed by atoms with van der Waals surface area (Å²) in [6.45, 7) is 5.85. The van der Waals surface area contributed by atoms with Crippen LogP contribution in [0, 0.1) is 11.8 Å². The molecule has 1 aromatic rings. The van der Waals surface area contributed by atoms with Gasteiger partial charge in [0.2, 0.25) is 5.91 Å². The van der Waals surface area contributed by atoms with E-state index in [0.717, 1.165) is 0 Å². The molecule has 1 atom stereocenters. The highest BCUT2D eigenvalue weighted by Gasteiger charge is 2.18. The van der Waals surface area contributed by atoms with Crippen LogP contribution >= 0.6 is 0 Å². The largest absolute Gasteiger partial charge is 0.495 e. The van der Waals surface area contributed by atoms with Gasteiger partial charge < -0.3 is 21.0 Å². The third-order valence-corrected chi connectivity index (χ3v) is 3.28. The molecule has 1 amide bonds. The smallest absolute Gasteiger partial charge is 0.227 e. The summed E-state index contributed by atoms with van der Waals surface area (Å²) in [7, 11) is 1.49. The van der Waals surface area contributed by atoms with E-state index >= 15 is 0 Å². The summed E-state index contributed by atoms with van der Waals surface area (Å²) in [5, 5.41) is 14.4. The number of amidine groups is 1. The van der Waals surface area contributed by atoms with Crippen molar-refractivity contribution >= 4 is 17.4 Å². The molecule has 0 fully saturated rings. The van der Waals surface area contributed by atoms with Crippen LogP contribution < -0.4 is 15.8 Å². The number of rotatable bonds is 5. The number of anilines is 1. The van der Waals surface area contributed by atoms with Crippen molar-refractivity contribution < 1.29 is 14.7 Å². The summed E-state index contributed by atoms with van der Waals surface area (Å²) in [6, 6.07) is 4.91. The molecule has 0 aliphatic rings. The number of ether oxygens (including phenoxy) is 1. The first-order valence-electron chi connectivity index (χ1n) is 6.37. The summed E-state index contributed by atoms with van der Waals surface area (Å²) in [4.78, 5) is 12.0. The quantitative estimate of drug-likeness (QED) is 0.332.